The first-order chi connectivity index (χ1) is 12.5. The fourth-order valence-electron chi connectivity index (χ4n) is 3.39. The summed E-state index contributed by atoms with van der Waals surface area (Å²) < 4.78 is 30.2. The molecule has 7 heteroatoms. The lowest BCUT2D eigenvalue weighted by Gasteiger charge is -2.36. The van der Waals surface area contributed by atoms with E-state index in [1.54, 1.807) is 48.5 Å². The highest BCUT2D eigenvalue weighted by atomic mass is 35.5. The maximum atomic E-state index is 13.3. The van der Waals surface area contributed by atoms with Crippen LogP contribution in [0.5, 0.6) is 0 Å². The molecule has 0 spiro atoms. The van der Waals surface area contributed by atoms with E-state index in [4.69, 9.17) is 23.2 Å². The Morgan fingerprint density at radius 1 is 0.923 bits per heavy atom. The van der Waals surface area contributed by atoms with Crippen LogP contribution in [-0.4, -0.2) is 23.8 Å². The molecule has 0 fully saturated rings. The van der Waals surface area contributed by atoms with Gasteiger partial charge in [0, 0.05) is 35.0 Å². The lowest BCUT2D eigenvalue weighted by atomic mass is 10.0. The summed E-state index contributed by atoms with van der Waals surface area (Å²) in [6.45, 7) is 0.957. The second kappa shape index (κ2) is 6.74. The maximum Gasteiger partial charge on any atom is 0.244 e. The summed E-state index contributed by atoms with van der Waals surface area (Å²) in [5, 5.41) is 0.966. The van der Waals surface area contributed by atoms with Crippen LogP contribution in [0.1, 0.15) is 17.3 Å². The van der Waals surface area contributed by atoms with Gasteiger partial charge in [-0.05, 0) is 42.0 Å². The molecule has 1 aliphatic rings. The molecule has 1 aromatic heterocycles. The molecule has 2 aromatic carbocycles. The number of hydrogen-bond acceptors (Lipinski definition) is 2. The first kappa shape index (κ1) is 17.6. The van der Waals surface area contributed by atoms with Crippen LogP contribution in [0.25, 0.3) is 0 Å². The summed E-state index contributed by atoms with van der Waals surface area (Å²) in [6, 6.07) is 17.0. The third kappa shape index (κ3) is 2.95. The van der Waals surface area contributed by atoms with E-state index in [1.807, 2.05) is 18.3 Å². The van der Waals surface area contributed by atoms with Crippen LogP contribution in [-0.2, 0) is 16.6 Å². The van der Waals surface area contributed by atoms with E-state index >= 15 is 0 Å². The smallest absolute Gasteiger partial charge is 0.244 e. The SMILES string of the molecule is O=S(=O)(c1ccccc1)N1CCn2cccc2[C@H]1c1ccc(Cl)cc1Cl. The van der Waals surface area contributed by atoms with Crippen LogP contribution in [0.3, 0.4) is 0 Å². The van der Waals surface area contributed by atoms with Gasteiger partial charge in [-0.1, -0.05) is 47.5 Å². The molecule has 4 rings (SSSR count). The van der Waals surface area contributed by atoms with Crippen molar-refractivity contribution in [2.75, 3.05) is 6.54 Å². The van der Waals surface area contributed by atoms with Crippen molar-refractivity contribution in [3.63, 3.8) is 0 Å². The molecule has 26 heavy (non-hydrogen) atoms. The van der Waals surface area contributed by atoms with E-state index in [1.165, 1.54) is 4.31 Å². The second-order valence-electron chi connectivity index (χ2n) is 6.12. The number of aromatic nitrogens is 1. The number of fused-ring (bicyclic) bond motifs is 1. The van der Waals surface area contributed by atoms with Gasteiger partial charge in [0.2, 0.25) is 10.0 Å². The molecule has 0 aliphatic carbocycles. The normalized spacial score (nSPS) is 17.8. The van der Waals surface area contributed by atoms with Gasteiger partial charge in [-0.3, -0.25) is 0 Å². The van der Waals surface area contributed by atoms with Gasteiger partial charge in [-0.25, -0.2) is 8.42 Å². The molecule has 4 nitrogen and oxygen atoms in total. The van der Waals surface area contributed by atoms with Crippen LogP contribution in [0.15, 0.2) is 71.8 Å². The molecular formula is C19H16Cl2N2O2S. The van der Waals surface area contributed by atoms with Gasteiger partial charge < -0.3 is 4.57 Å². The van der Waals surface area contributed by atoms with E-state index in [2.05, 4.69) is 4.57 Å². The molecule has 0 radical (unpaired) electrons. The van der Waals surface area contributed by atoms with Gasteiger partial charge in [0.05, 0.1) is 10.9 Å². The fourth-order valence-corrected chi connectivity index (χ4v) is 5.49. The summed E-state index contributed by atoms with van der Waals surface area (Å²) in [4.78, 5) is 0.273. The Morgan fingerprint density at radius 3 is 2.42 bits per heavy atom. The van der Waals surface area contributed by atoms with Crippen LogP contribution in [0.4, 0.5) is 0 Å². The summed E-state index contributed by atoms with van der Waals surface area (Å²) >= 11 is 12.5. The lowest BCUT2D eigenvalue weighted by Crippen LogP contribution is -2.42. The first-order valence-corrected chi connectivity index (χ1v) is 10.3. The van der Waals surface area contributed by atoms with Crippen LogP contribution in [0, 0.1) is 0 Å². The van der Waals surface area contributed by atoms with Crippen molar-refractivity contribution in [1.82, 2.24) is 8.87 Å². The standard InChI is InChI=1S/C19H16Cl2N2O2S/c20-14-8-9-16(17(21)13-14)19-18-7-4-10-22(18)11-12-23(19)26(24,25)15-5-2-1-3-6-15/h1-10,13,19H,11-12H2/t19-/m1/s1. The summed E-state index contributed by atoms with van der Waals surface area (Å²) in [7, 11) is -3.68. The van der Waals surface area contributed by atoms with Crippen molar-refractivity contribution in [3.8, 4) is 0 Å². The lowest BCUT2D eigenvalue weighted by molar-refractivity contribution is 0.298. The average molecular weight is 407 g/mol. The van der Waals surface area contributed by atoms with Crippen molar-refractivity contribution >= 4 is 33.2 Å². The zero-order valence-electron chi connectivity index (χ0n) is 13.7. The molecular weight excluding hydrogens is 391 g/mol. The Hall–Kier alpha value is -1.79. The molecule has 0 saturated carbocycles. The molecule has 134 valence electrons. The molecule has 1 atom stereocenters. The monoisotopic (exact) mass is 406 g/mol. The zero-order valence-corrected chi connectivity index (χ0v) is 16.0. The average Bonchev–Trinajstić information content (AvgIpc) is 3.11. The summed E-state index contributed by atoms with van der Waals surface area (Å²) in [6.07, 6.45) is 1.96. The number of sulfonamides is 1. The highest BCUT2D eigenvalue weighted by Crippen LogP contribution is 2.39. The van der Waals surface area contributed by atoms with E-state index in [0.29, 0.717) is 23.1 Å². The highest BCUT2D eigenvalue weighted by molar-refractivity contribution is 7.89. The van der Waals surface area contributed by atoms with Gasteiger partial charge in [0.15, 0.2) is 0 Å². The topological polar surface area (TPSA) is 42.3 Å². The predicted molar refractivity (Wildman–Crippen MR) is 103 cm³/mol. The minimum Gasteiger partial charge on any atom is -0.348 e. The van der Waals surface area contributed by atoms with Gasteiger partial charge in [0.1, 0.15) is 0 Å². The zero-order chi connectivity index (χ0) is 18.3. The molecule has 0 bridgehead atoms. The Kier molecular flexibility index (Phi) is 4.57. The summed E-state index contributed by atoms with van der Waals surface area (Å²) in [5.41, 5.74) is 1.61. The van der Waals surface area contributed by atoms with Crippen LogP contribution < -0.4 is 0 Å². The highest BCUT2D eigenvalue weighted by Gasteiger charge is 2.38. The molecule has 0 unspecified atom stereocenters. The molecule has 1 aliphatic heterocycles. The number of hydrogen-bond donors (Lipinski definition) is 0. The molecule has 3 aromatic rings. The van der Waals surface area contributed by atoms with Crippen LogP contribution in [0.2, 0.25) is 10.0 Å². The van der Waals surface area contributed by atoms with E-state index < -0.39 is 16.1 Å². The van der Waals surface area contributed by atoms with Gasteiger partial charge in [-0.2, -0.15) is 4.31 Å². The molecule has 2 heterocycles. The quantitative estimate of drug-likeness (QED) is 0.638. The van der Waals surface area contributed by atoms with Gasteiger partial charge >= 0.3 is 0 Å². The molecule has 0 amide bonds. The van der Waals surface area contributed by atoms with E-state index in [0.717, 1.165) is 11.3 Å². The van der Waals surface area contributed by atoms with Gasteiger partial charge in [-0.15, -0.1) is 0 Å². The third-order valence-corrected chi connectivity index (χ3v) is 7.04. The number of halogens is 2. The van der Waals surface area contributed by atoms with Crippen molar-refractivity contribution in [1.29, 1.82) is 0 Å². The number of benzene rings is 2. The van der Waals surface area contributed by atoms with Crippen molar-refractivity contribution in [2.45, 2.75) is 17.5 Å². The Bertz CT molecular complexity index is 1050. The predicted octanol–water partition coefficient (Wildman–Crippen LogP) is 4.59. The minimum atomic E-state index is -3.68. The van der Waals surface area contributed by atoms with E-state index in [-0.39, 0.29) is 4.90 Å². The molecule has 0 N–H and O–H groups in total. The van der Waals surface area contributed by atoms with Gasteiger partial charge in [0.25, 0.3) is 0 Å². The fraction of sp³-hybridized carbons (Fsp3) is 0.158. The van der Waals surface area contributed by atoms with Crippen molar-refractivity contribution in [3.05, 3.63) is 88.2 Å². The largest absolute Gasteiger partial charge is 0.348 e. The first-order valence-electron chi connectivity index (χ1n) is 8.15. The van der Waals surface area contributed by atoms with E-state index in [9.17, 15) is 8.42 Å². The van der Waals surface area contributed by atoms with Crippen molar-refractivity contribution < 1.29 is 8.42 Å². The number of nitrogens with zero attached hydrogens (tertiary/aromatic N) is 2. The Morgan fingerprint density at radius 2 is 1.69 bits per heavy atom. The number of rotatable bonds is 3. The minimum absolute atomic E-state index is 0.273. The summed E-state index contributed by atoms with van der Waals surface area (Å²) in [5.74, 6) is 0. The van der Waals surface area contributed by atoms with Crippen LogP contribution >= 0.6 is 23.2 Å². The second-order valence-corrected chi connectivity index (χ2v) is 8.86. The maximum absolute atomic E-state index is 13.3. The Labute approximate surface area is 162 Å². The Balaban J connectivity index is 1.89. The van der Waals surface area contributed by atoms with Crippen molar-refractivity contribution in [2.24, 2.45) is 0 Å². The third-order valence-electron chi connectivity index (χ3n) is 4.60. The molecule has 0 saturated heterocycles.